The van der Waals surface area contributed by atoms with Gasteiger partial charge in [0.25, 0.3) is 0 Å². The Morgan fingerprint density at radius 3 is 2.85 bits per heavy atom. The molecule has 0 aliphatic heterocycles. The number of benzene rings is 1. The maximum absolute atomic E-state index is 9.83. The van der Waals surface area contributed by atoms with Gasteiger partial charge in [0.15, 0.2) is 0 Å². The van der Waals surface area contributed by atoms with E-state index in [1.54, 1.807) is 29.5 Å². The summed E-state index contributed by atoms with van der Waals surface area (Å²) in [6.07, 6.45) is 0.939. The summed E-state index contributed by atoms with van der Waals surface area (Å²) in [6, 6.07) is 9.06. The van der Waals surface area contributed by atoms with Gasteiger partial charge in [-0.1, -0.05) is 19.1 Å². The SMILES string of the molecule is CCc1cc2c(Nc3ccccc3O)nc(Cl)nc2s1. The molecule has 3 aromatic rings. The first kappa shape index (κ1) is 13.1. The minimum atomic E-state index is 0.168. The van der Waals surface area contributed by atoms with Crippen LogP contribution in [0.5, 0.6) is 5.75 Å². The van der Waals surface area contributed by atoms with Crippen molar-refractivity contribution in [2.75, 3.05) is 5.32 Å². The number of thiophene rings is 1. The molecule has 0 unspecified atom stereocenters. The van der Waals surface area contributed by atoms with Gasteiger partial charge in [-0.25, -0.2) is 4.98 Å². The van der Waals surface area contributed by atoms with Gasteiger partial charge in [-0.3, -0.25) is 0 Å². The maximum atomic E-state index is 9.83. The monoisotopic (exact) mass is 305 g/mol. The average molecular weight is 306 g/mol. The third-order valence-electron chi connectivity index (χ3n) is 2.92. The van der Waals surface area contributed by atoms with Gasteiger partial charge in [0.1, 0.15) is 16.4 Å². The van der Waals surface area contributed by atoms with Gasteiger partial charge in [0, 0.05) is 4.88 Å². The van der Waals surface area contributed by atoms with Gasteiger partial charge < -0.3 is 10.4 Å². The van der Waals surface area contributed by atoms with Crippen molar-refractivity contribution in [1.29, 1.82) is 0 Å². The number of nitrogens with one attached hydrogen (secondary N) is 1. The summed E-state index contributed by atoms with van der Waals surface area (Å²) < 4.78 is 0. The Labute approximate surface area is 125 Å². The van der Waals surface area contributed by atoms with E-state index in [0.717, 1.165) is 16.6 Å². The number of aromatic nitrogens is 2. The molecule has 0 aliphatic rings. The number of fused-ring (bicyclic) bond motifs is 1. The molecule has 20 heavy (non-hydrogen) atoms. The van der Waals surface area contributed by atoms with E-state index in [4.69, 9.17) is 11.6 Å². The number of phenolic OH excluding ortho intramolecular Hbond substituents is 1. The molecule has 0 spiro atoms. The van der Waals surface area contributed by atoms with Crippen LogP contribution in [0.1, 0.15) is 11.8 Å². The highest BCUT2D eigenvalue weighted by atomic mass is 35.5. The zero-order chi connectivity index (χ0) is 14.1. The standard InChI is InChI=1S/C14H12ClN3OS/c1-2-8-7-9-12(17-14(15)18-13(9)20-8)16-10-5-3-4-6-11(10)19/h3-7,19H,2H2,1H3,(H,16,17,18). The molecular weight excluding hydrogens is 294 g/mol. The van der Waals surface area contributed by atoms with Gasteiger partial charge in [-0.2, -0.15) is 4.98 Å². The quantitative estimate of drug-likeness (QED) is 0.558. The summed E-state index contributed by atoms with van der Waals surface area (Å²) in [6.45, 7) is 2.09. The highest BCUT2D eigenvalue weighted by Crippen LogP contribution is 2.33. The zero-order valence-electron chi connectivity index (χ0n) is 10.7. The second-order valence-corrected chi connectivity index (χ2v) is 5.72. The van der Waals surface area contributed by atoms with E-state index in [-0.39, 0.29) is 11.0 Å². The van der Waals surface area contributed by atoms with Crippen molar-refractivity contribution in [1.82, 2.24) is 9.97 Å². The molecule has 2 heterocycles. The lowest BCUT2D eigenvalue weighted by molar-refractivity contribution is 0.478. The van der Waals surface area contributed by atoms with E-state index in [0.29, 0.717) is 11.5 Å². The summed E-state index contributed by atoms with van der Waals surface area (Å²) in [7, 11) is 0. The normalized spacial score (nSPS) is 10.9. The van der Waals surface area contributed by atoms with Crippen LogP contribution in [-0.2, 0) is 6.42 Å². The summed E-state index contributed by atoms with van der Waals surface area (Å²) in [5.41, 5.74) is 0.591. The predicted octanol–water partition coefficient (Wildman–Crippen LogP) is 4.36. The number of phenols is 1. The predicted molar refractivity (Wildman–Crippen MR) is 83.2 cm³/mol. The van der Waals surface area contributed by atoms with Crippen molar-refractivity contribution in [3.05, 3.63) is 40.5 Å². The molecular formula is C14H12ClN3OS. The molecule has 0 saturated heterocycles. The number of hydrogen-bond donors (Lipinski definition) is 2. The Balaban J connectivity index is 2.11. The number of aryl methyl sites for hydroxylation is 1. The number of para-hydroxylation sites is 2. The van der Waals surface area contributed by atoms with Crippen molar-refractivity contribution in [2.45, 2.75) is 13.3 Å². The van der Waals surface area contributed by atoms with Crippen molar-refractivity contribution in [3.63, 3.8) is 0 Å². The lowest BCUT2D eigenvalue weighted by atomic mass is 10.2. The fourth-order valence-corrected chi connectivity index (χ4v) is 3.11. The Bertz CT molecular complexity index is 772. The minimum absolute atomic E-state index is 0.168. The molecule has 0 bridgehead atoms. The Kier molecular flexibility index (Phi) is 3.46. The van der Waals surface area contributed by atoms with Crippen LogP contribution in [0.2, 0.25) is 5.28 Å². The molecule has 2 N–H and O–H groups in total. The van der Waals surface area contributed by atoms with Crippen LogP contribution in [0, 0.1) is 0 Å². The van der Waals surface area contributed by atoms with Crippen LogP contribution < -0.4 is 5.32 Å². The molecule has 6 heteroatoms. The van der Waals surface area contributed by atoms with E-state index < -0.39 is 0 Å². The summed E-state index contributed by atoms with van der Waals surface area (Å²) in [5.74, 6) is 0.777. The van der Waals surface area contributed by atoms with Crippen molar-refractivity contribution in [2.24, 2.45) is 0 Å². The Hall–Kier alpha value is -1.85. The third kappa shape index (κ3) is 2.42. The van der Waals surface area contributed by atoms with Crippen molar-refractivity contribution >= 4 is 44.7 Å². The van der Waals surface area contributed by atoms with Crippen LogP contribution >= 0.6 is 22.9 Å². The molecule has 102 valence electrons. The van der Waals surface area contributed by atoms with Gasteiger partial charge >= 0.3 is 0 Å². The second-order valence-electron chi connectivity index (χ2n) is 4.27. The summed E-state index contributed by atoms with van der Waals surface area (Å²) in [5, 5.41) is 14.1. The third-order valence-corrected chi connectivity index (χ3v) is 4.26. The molecule has 2 aromatic heterocycles. The number of hydrogen-bond acceptors (Lipinski definition) is 5. The number of anilines is 2. The van der Waals surface area contributed by atoms with E-state index in [2.05, 4.69) is 28.3 Å². The van der Waals surface area contributed by atoms with Crippen molar-refractivity contribution < 1.29 is 5.11 Å². The molecule has 4 nitrogen and oxygen atoms in total. The van der Waals surface area contributed by atoms with Gasteiger partial charge in [-0.15, -0.1) is 11.3 Å². The number of nitrogens with zero attached hydrogens (tertiary/aromatic N) is 2. The molecule has 0 saturated carbocycles. The minimum Gasteiger partial charge on any atom is -0.506 e. The largest absolute Gasteiger partial charge is 0.506 e. The van der Waals surface area contributed by atoms with E-state index in [1.807, 2.05) is 6.07 Å². The van der Waals surface area contributed by atoms with E-state index in [9.17, 15) is 5.11 Å². The van der Waals surface area contributed by atoms with Crippen LogP contribution in [0.25, 0.3) is 10.2 Å². The second kappa shape index (κ2) is 5.26. The van der Waals surface area contributed by atoms with Gasteiger partial charge in [-0.05, 0) is 36.2 Å². The first-order chi connectivity index (χ1) is 9.67. The highest BCUT2D eigenvalue weighted by Gasteiger charge is 2.11. The van der Waals surface area contributed by atoms with Crippen LogP contribution in [0.4, 0.5) is 11.5 Å². The maximum Gasteiger partial charge on any atom is 0.225 e. The Morgan fingerprint density at radius 1 is 1.30 bits per heavy atom. The molecule has 0 atom stereocenters. The van der Waals surface area contributed by atoms with Crippen LogP contribution in [0.3, 0.4) is 0 Å². The molecule has 0 aliphatic carbocycles. The topological polar surface area (TPSA) is 58.0 Å². The molecule has 3 rings (SSSR count). The first-order valence-electron chi connectivity index (χ1n) is 6.18. The smallest absolute Gasteiger partial charge is 0.225 e. The van der Waals surface area contributed by atoms with E-state index in [1.165, 1.54) is 4.88 Å². The molecule has 0 radical (unpaired) electrons. The molecule has 1 aromatic carbocycles. The fraction of sp³-hybridized carbons (Fsp3) is 0.143. The zero-order valence-corrected chi connectivity index (χ0v) is 12.3. The lowest BCUT2D eigenvalue weighted by Crippen LogP contribution is -1.96. The van der Waals surface area contributed by atoms with E-state index >= 15 is 0 Å². The first-order valence-corrected chi connectivity index (χ1v) is 7.38. The molecule has 0 amide bonds. The lowest BCUT2D eigenvalue weighted by Gasteiger charge is -2.08. The Morgan fingerprint density at radius 2 is 2.10 bits per heavy atom. The summed E-state index contributed by atoms with van der Waals surface area (Å²) >= 11 is 7.57. The number of rotatable bonds is 3. The number of aromatic hydroxyl groups is 1. The highest BCUT2D eigenvalue weighted by molar-refractivity contribution is 7.18. The van der Waals surface area contributed by atoms with Gasteiger partial charge in [0.2, 0.25) is 5.28 Å². The number of halogens is 1. The van der Waals surface area contributed by atoms with Gasteiger partial charge in [0.05, 0.1) is 11.1 Å². The van der Waals surface area contributed by atoms with Crippen LogP contribution in [0.15, 0.2) is 30.3 Å². The van der Waals surface area contributed by atoms with Crippen LogP contribution in [-0.4, -0.2) is 15.1 Å². The average Bonchev–Trinajstić information content (AvgIpc) is 2.84. The molecule has 0 fully saturated rings. The fourth-order valence-electron chi connectivity index (χ4n) is 1.92. The van der Waals surface area contributed by atoms with Crippen molar-refractivity contribution in [3.8, 4) is 5.75 Å². The summed E-state index contributed by atoms with van der Waals surface area (Å²) in [4.78, 5) is 10.5.